The van der Waals surface area contributed by atoms with E-state index in [4.69, 9.17) is 0 Å². The summed E-state index contributed by atoms with van der Waals surface area (Å²) in [5.74, 6) is -0.518. The number of carbonyl (C=O) groups excluding carboxylic acids is 2. The second-order valence-electron chi connectivity index (χ2n) is 5.23. The van der Waals surface area contributed by atoms with Crippen molar-refractivity contribution in [3.8, 4) is 0 Å². The first-order chi connectivity index (χ1) is 12.1. The van der Waals surface area contributed by atoms with Crippen LogP contribution in [-0.4, -0.2) is 37.9 Å². The average Bonchev–Trinajstić information content (AvgIpc) is 3.06. The van der Waals surface area contributed by atoms with Gasteiger partial charge in [-0.3, -0.25) is 9.59 Å². The average molecular weight is 336 g/mol. The first-order valence-corrected chi connectivity index (χ1v) is 7.58. The Morgan fingerprint density at radius 2 is 2.04 bits per heavy atom. The van der Waals surface area contributed by atoms with Gasteiger partial charge in [-0.25, -0.2) is 9.50 Å². The number of anilines is 1. The minimum Gasteiger partial charge on any atom is -0.349 e. The fraction of sp³-hybridized carbons (Fsp3) is 0.118. The van der Waals surface area contributed by atoms with Crippen LogP contribution in [0.5, 0.6) is 0 Å². The van der Waals surface area contributed by atoms with Crippen LogP contribution in [0.1, 0.15) is 26.7 Å². The summed E-state index contributed by atoms with van der Waals surface area (Å²) >= 11 is 0. The Morgan fingerprint density at radius 3 is 2.80 bits per heavy atom. The second kappa shape index (κ2) is 6.91. The molecule has 0 saturated carbocycles. The van der Waals surface area contributed by atoms with E-state index in [9.17, 15) is 9.59 Å². The van der Waals surface area contributed by atoms with Gasteiger partial charge in [0.05, 0.1) is 11.3 Å². The van der Waals surface area contributed by atoms with Crippen molar-refractivity contribution in [2.24, 2.45) is 0 Å². The van der Waals surface area contributed by atoms with Crippen molar-refractivity contribution in [1.82, 2.24) is 24.9 Å². The third kappa shape index (κ3) is 3.37. The van der Waals surface area contributed by atoms with E-state index < -0.39 is 5.91 Å². The van der Waals surface area contributed by atoms with E-state index in [2.05, 4.69) is 32.3 Å². The van der Waals surface area contributed by atoms with Crippen LogP contribution in [0, 0.1) is 6.92 Å². The number of rotatable bonds is 5. The normalized spacial score (nSPS) is 10.4. The van der Waals surface area contributed by atoms with Gasteiger partial charge < -0.3 is 10.6 Å². The highest BCUT2D eigenvalue weighted by molar-refractivity contribution is 6.07. The van der Waals surface area contributed by atoms with E-state index in [0.717, 1.165) is 5.69 Å². The number of amides is 2. The van der Waals surface area contributed by atoms with E-state index in [-0.39, 0.29) is 11.7 Å². The number of benzene rings is 1. The summed E-state index contributed by atoms with van der Waals surface area (Å²) < 4.78 is 1.48. The Labute approximate surface area is 143 Å². The predicted octanol–water partition coefficient (Wildman–Crippen LogP) is 1.60. The van der Waals surface area contributed by atoms with Gasteiger partial charge in [0.2, 0.25) is 5.82 Å². The maximum Gasteiger partial charge on any atom is 0.295 e. The van der Waals surface area contributed by atoms with Gasteiger partial charge in [0.15, 0.2) is 0 Å². The Kier molecular flexibility index (Phi) is 4.51. The standard InChI is InChI=1S/C17H16N6O2/c1-3-9-18-15(24)12-6-4-5-7-13(12)20-16(25)14-21-17-19-10-8-11(2)23(17)22-14/h3-8,10H,1,9H2,2H3,(H,18,24)(H,20,25). The van der Waals surface area contributed by atoms with E-state index >= 15 is 0 Å². The number of nitrogens with one attached hydrogen (secondary N) is 2. The van der Waals surface area contributed by atoms with E-state index in [1.807, 2.05) is 6.92 Å². The summed E-state index contributed by atoms with van der Waals surface area (Å²) in [4.78, 5) is 32.8. The molecule has 8 heteroatoms. The molecule has 8 nitrogen and oxygen atoms in total. The molecule has 25 heavy (non-hydrogen) atoms. The quantitative estimate of drug-likeness (QED) is 0.689. The molecule has 0 spiro atoms. The molecule has 0 radical (unpaired) electrons. The van der Waals surface area contributed by atoms with Crippen LogP contribution in [0.15, 0.2) is 49.2 Å². The molecule has 2 N–H and O–H groups in total. The van der Waals surface area contributed by atoms with E-state index in [0.29, 0.717) is 23.6 Å². The molecule has 0 saturated heterocycles. The molecular formula is C17H16N6O2. The van der Waals surface area contributed by atoms with Crippen molar-refractivity contribution in [1.29, 1.82) is 0 Å². The third-order valence-electron chi connectivity index (χ3n) is 3.46. The lowest BCUT2D eigenvalue weighted by atomic mass is 10.1. The summed E-state index contributed by atoms with van der Waals surface area (Å²) in [6.07, 6.45) is 3.18. The van der Waals surface area contributed by atoms with Crippen molar-refractivity contribution in [2.45, 2.75) is 6.92 Å². The molecule has 0 bridgehead atoms. The minimum absolute atomic E-state index is 0.0249. The van der Waals surface area contributed by atoms with Crippen molar-refractivity contribution in [2.75, 3.05) is 11.9 Å². The smallest absolute Gasteiger partial charge is 0.295 e. The van der Waals surface area contributed by atoms with Crippen molar-refractivity contribution < 1.29 is 9.59 Å². The molecule has 0 aliphatic heterocycles. The molecule has 0 aliphatic rings. The minimum atomic E-state index is -0.520. The summed E-state index contributed by atoms with van der Waals surface area (Å²) in [7, 11) is 0. The molecular weight excluding hydrogens is 320 g/mol. The SMILES string of the molecule is C=CCNC(=O)c1ccccc1NC(=O)c1nc2nccc(C)n2n1. The first kappa shape index (κ1) is 16.3. The lowest BCUT2D eigenvalue weighted by Gasteiger charge is -2.09. The van der Waals surface area contributed by atoms with Crippen molar-refractivity contribution in [3.63, 3.8) is 0 Å². The molecule has 3 aromatic rings. The van der Waals surface area contributed by atoms with Crippen LogP contribution < -0.4 is 10.6 Å². The largest absolute Gasteiger partial charge is 0.349 e. The topological polar surface area (TPSA) is 101 Å². The first-order valence-electron chi connectivity index (χ1n) is 7.58. The van der Waals surface area contributed by atoms with Gasteiger partial charge in [-0.15, -0.1) is 11.7 Å². The summed E-state index contributed by atoms with van der Waals surface area (Å²) in [5.41, 5.74) is 1.52. The second-order valence-corrected chi connectivity index (χ2v) is 5.23. The monoisotopic (exact) mass is 336 g/mol. The maximum absolute atomic E-state index is 12.5. The summed E-state index contributed by atoms with van der Waals surface area (Å²) in [6, 6.07) is 8.47. The Hall–Kier alpha value is -3.55. The molecule has 2 heterocycles. The fourth-order valence-corrected chi connectivity index (χ4v) is 2.23. The molecule has 0 fully saturated rings. The van der Waals surface area contributed by atoms with Crippen LogP contribution in [0.3, 0.4) is 0 Å². The number of para-hydroxylation sites is 1. The molecule has 3 rings (SSSR count). The van der Waals surface area contributed by atoms with Crippen LogP contribution in [0.25, 0.3) is 5.78 Å². The lowest BCUT2D eigenvalue weighted by molar-refractivity contribution is 0.0959. The van der Waals surface area contributed by atoms with Gasteiger partial charge in [-0.1, -0.05) is 18.2 Å². The van der Waals surface area contributed by atoms with Gasteiger partial charge >= 0.3 is 0 Å². The van der Waals surface area contributed by atoms with Gasteiger partial charge in [-0.05, 0) is 25.1 Å². The molecule has 0 aliphatic carbocycles. The fourth-order valence-electron chi connectivity index (χ4n) is 2.23. The Morgan fingerprint density at radius 1 is 1.24 bits per heavy atom. The number of fused-ring (bicyclic) bond motifs is 1. The van der Waals surface area contributed by atoms with Crippen LogP contribution >= 0.6 is 0 Å². The number of hydrogen-bond acceptors (Lipinski definition) is 5. The Bertz CT molecular complexity index is 963. The predicted molar refractivity (Wildman–Crippen MR) is 92.4 cm³/mol. The molecule has 2 aromatic heterocycles. The van der Waals surface area contributed by atoms with E-state index in [1.165, 1.54) is 4.52 Å². The number of aromatic nitrogens is 4. The third-order valence-corrected chi connectivity index (χ3v) is 3.46. The zero-order chi connectivity index (χ0) is 17.8. The number of carbonyl (C=O) groups is 2. The molecule has 1 aromatic carbocycles. The van der Waals surface area contributed by atoms with Crippen molar-refractivity contribution in [3.05, 3.63) is 66.3 Å². The molecule has 0 unspecified atom stereocenters. The zero-order valence-corrected chi connectivity index (χ0v) is 13.6. The number of hydrogen-bond donors (Lipinski definition) is 2. The number of nitrogens with zero attached hydrogens (tertiary/aromatic N) is 4. The van der Waals surface area contributed by atoms with E-state index in [1.54, 1.807) is 42.6 Å². The highest BCUT2D eigenvalue weighted by Gasteiger charge is 2.17. The summed E-state index contributed by atoms with van der Waals surface area (Å²) in [5, 5.41) is 9.50. The highest BCUT2D eigenvalue weighted by atomic mass is 16.2. The van der Waals surface area contributed by atoms with Gasteiger partial charge in [-0.2, -0.15) is 4.98 Å². The molecule has 126 valence electrons. The maximum atomic E-state index is 12.5. The zero-order valence-electron chi connectivity index (χ0n) is 13.6. The summed E-state index contributed by atoms with van der Waals surface area (Å²) in [6.45, 7) is 5.73. The van der Waals surface area contributed by atoms with Crippen LogP contribution in [0.4, 0.5) is 5.69 Å². The van der Waals surface area contributed by atoms with Gasteiger partial charge in [0.1, 0.15) is 0 Å². The highest BCUT2D eigenvalue weighted by Crippen LogP contribution is 2.16. The molecule has 2 amide bonds. The Balaban J connectivity index is 1.86. The van der Waals surface area contributed by atoms with Crippen molar-refractivity contribution >= 4 is 23.3 Å². The van der Waals surface area contributed by atoms with Gasteiger partial charge in [0.25, 0.3) is 17.6 Å². The van der Waals surface area contributed by atoms with Crippen LogP contribution in [-0.2, 0) is 0 Å². The number of aryl methyl sites for hydroxylation is 1. The van der Waals surface area contributed by atoms with Gasteiger partial charge in [0, 0.05) is 18.4 Å². The molecule has 0 atom stereocenters. The van der Waals surface area contributed by atoms with Crippen LogP contribution in [0.2, 0.25) is 0 Å². The lowest BCUT2D eigenvalue weighted by Crippen LogP contribution is -2.25.